The van der Waals surface area contributed by atoms with E-state index in [9.17, 15) is 0 Å². The highest BCUT2D eigenvalue weighted by atomic mass is 15.0. The largest absolute Gasteiger partial charge is 0.333 e. The first-order valence-corrected chi connectivity index (χ1v) is 5.79. The van der Waals surface area contributed by atoms with E-state index in [2.05, 4.69) is 11.1 Å². The highest BCUT2D eigenvalue weighted by Crippen LogP contribution is 2.23. The van der Waals surface area contributed by atoms with Gasteiger partial charge in [0.25, 0.3) is 0 Å². The van der Waals surface area contributed by atoms with E-state index in [0.29, 0.717) is 0 Å². The topological polar surface area (TPSA) is 38.0 Å². The van der Waals surface area contributed by atoms with Crippen LogP contribution in [-0.4, -0.2) is 19.1 Å². The average molecular weight is 184 g/mol. The van der Waals surface area contributed by atoms with Crippen LogP contribution >= 0.6 is 0 Å². The standard InChI is InChI=1S/C10H19N.CH5N/c1-2-5-9(6-3-1)11-10-7-4-8-10;1-2/h9-11H,1-8H2;2H2,1H3. The minimum atomic E-state index is 0.883. The minimum Gasteiger partial charge on any atom is -0.333 e. The zero-order chi connectivity index (χ0) is 9.52. The summed E-state index contributed by atoms with van der Waals surface area (Å²) in [7, 11) is 1.50. The Kier molecular flexibility index (Phi) is 5.40. The second-order valence-corrected chi connectivity index (χ2v) is 4.13. The van der Waals surface area contributed by atoms with Crippen molar-refractivity contribution >= 4 is 0 Å². The van der Waals surface area contributed by atoms with Gasteiger partial charge in [-0.2, -0.15) is 0 Å². The van der Waals surface area contributed by atoms with E-state index in [0.717, 1.165) is 12.1 Å². The predicted octanol–water partition coefficient (Wildman–Crippen LogP) is 2.04. The molecule has 2 rings (SSSR count). The van der Waals surface area contributed by atoms with E-state index in [4.69, 9.17) is 0 Å². The van der Waals surface area contributed by atoms with Gasteiger partial charge in [-0.25, -0.2) is 0 Å². The third-order valence-corrected chi connectivity index (χ3v) is 3.18. The lowest BCUT2D eigenvalue weighted by atomic mass is 9.89. The summed E-state index contributed by atoms with van der Waals surface area (Å²) in [4.78, 5) is 0. The molecular weight excluding hydrogens is 160 g/mol. The van der Waals surface area contributed by atoms with E-state index in [1.807, 2.05) is 0 Å². The monoisotopic (exact) mass is 184 g/mol. The summed E-state index contributed by atoms with van der Waals surface area (Å²) in [6, 6.07) is 1.78. The molecule has 2 nitrogen and oxygen atoms in total. The van der Waals surface area contributed by atoms with Gasteiger partial charge in [-0.05, 0) is 32.7 Å². The van der Waals surface area contributed by atoms with Crippen LogP contribution in [0.25, 0.3) is 0 Å². The average Bonchev–Trinajstić information content (AvgIpc) is 2.17. The van der Waals surface area contributed by atoms with Crippen molar-refractivity contribution < 1.29 is 0 Å². The van der Waals surface area contributed by atoms with Crippen LogP contribution in [-0.2, 0) is 0 Å². The van der Waals surface area contributed by atoms with E-state index in [-0.39, 0.29) is 0 Å². The third kappa shape index (κ3) is 3.65. The fourth-order valence-corrected chi connectivity index (χ4v) is 2.18. The summed E-state index contributed by atoms with van der Waals surface area (Å²) in [5.74, 6) is 0. The van der Waals surface area contributed by atoms with Crippen molar-refractivity contribution in [1.82, 2.24) is 5.32 Å². The number of rotatable bonds is 2. The van der Waals surface area contributed by atoms with E-state index in [1.54, 1.807) is 0 Å². The van der Waals surface area contributed by atoms with Crippen LogP contribution in [0.4, 0.5) is 0 Å². The molecule has 0 amide bonds. The Bertz CT molecular complexity index is 115. The highest BCUT2D eigenvalue weighted by Gasteiger charge is 2.21. The molecule has 0 aromatic heterocycles. The fraction of sp³-hybridized carbons (Fsp3) is 1.00. The van der Waals surface area contributed by atoms with Crippen LogP contribution in [0, 0.1) is 0 Å². The molecule has 0 bridgehead atoms. The molecule has 0 aromatic rings. The molecule has 78 valence electrons. The molecule has 2 fully saturated rings. The maximum Gasteiger partial charge on any atom is 0.00696 e. The van der Waals surface area contributed by atoms with Crippen LogP contribution in [0.1, 0.15) is 51.4 Å². The molecule has 0 heterocycles. The van der Waals surface area contributed by atoms with Gasteiger partial charge in [-0.1, -0.05) is 25.7 Å². The zero-order valence-corrected chi connectivity index (χ0v) is 8.89. The van der Waals surface area contributed by atoms with Crippen LogP contribution in [0.5, 0.6) is 0 Å². The van der Waals surface area contributed by atoms with Crippen molar-refractivity contribution in [2.75, 3.05) is 7.05 Å². The highest BCUT2D eigenvalue weighted by molar-refractivity contribution is 4.82. The maximum absolute atomic E-state index is 4.50. The van der Waals surface area contributed by atoms with E-state index < -0.39 is 0 Å². The Morgan fingerprint density at radius 3 is 1.62 bits per heavy atom. The Morgan fingerprint density at radius 1 is 0.769 bits per heavy atom. The van der Waals surface area contributed by atoms with Gasteiger partial charge >= 0.3 is 0 Å². The summed E-state index contributed by atoms with van der Waals surface area (Å²) in [6.07, 6.45) is 11.6. The van der Waals surface area contributed by atoms with Gasteiger partial charge in [-0.3, -0.25) is 0 Å². The predicted molar refractivity (Wildman–Crippen MR) is 57.8 cm³/mol. The van der Waals surface area contributed by atoms with E-state index in [1.165, 1.54) is 58.4 Å². The van der Waals surface area contributed by atoms with Gasteiger partial charge in [-0.15, -0.1) is 0 Å². The van der Waals surface area contributed by atoms with Crippen molar-refractivity contribution in [3.05, 3.63) is 0 Å². The zero-order valence-electron chi connectivity index (χ0n) is 8.89. The first-order chi connectivity index (χ1) is 6.45. The molecule has 0 unspecified atom stereocenters. The number of nitrogens with one attached hydrogen (secondary N) is 1. The summed E-state index contributed by atoms with van der Waals surface area (Å²) < 4.78 is 0. The lowest BCUT2D eigenvalue weighted by molar-refractivity contribution is 0.266. The van der Waals surface area contributed by atoms with E-state index >= 15 is 0 Å². The molecule has 2 aliphatic rings. The quantitative estimate of drug-likeness (QED) is 0.689. The molecule has 0 aliphatic heterocycles. The summed E-state index contributed by atoms with van der Waals surface area (Å²) in [5, 5.41) is 3.76. The Morgan fingerprint density at radius 2 is 1.23 bits per heavy atom. The number of hydrogen-bond donors (Lipinski definition) is 2. The van der Waals surface area contributed by atoms with Crippen LogP contribution in [0.2, 0.25) is 0 Å². The first-order valence-electron chi connectivity index (χ1n) is 5.79. The smallest absolute Gasteiger partial charge is 0.00696 e. The van der Waals surface area contributed by atoms with Crippen molar-refractivity contribution in [2.45, 2.75) is 63.5 Å². The normalized spacial score (nSPS) is 24.5. The van der Waals surface area contributed by atoms with Crippen molar-refractivity contribution in [1.29, 1.82) is 0 Å². The van der Waals surface area contributed by atoms with Crippen LogP contribution in [0.3, 0.4) is 0 Å². The molecule has 2 heteroatoms. The molecule has 0 atom stereocenters. The molecule has 0 radical (unpaired) electrons. The number of hydrogen-bond acceptors (Lipinski definition) is 2. The Labute approximate surface area is 82.3 Å². The van der Waals surface area contributed by atoms with Crippen molar-refractivity contribution in [3.63, 3.8) is 0 Å². The van der Waals surface area contributed by atoms with Crippen molar-refractivity contribution in [3.8, 4) is 0 Å². The summed E-state index contributed by atoms with van der Waals surface area (Å²) in [5.41, 5.74) is 4.50. The minimum absolute atomic E-state index is 0.883. The summed E-state index contributed by atoms with van der Waals surface area (Å²) in [6.45, 7) is 0. The van der Waals surface area contributed by atoms with Gasteiger partial charge in [0, 0.05) is 12.1 Å². The molecule has 2 aliphatic carbocycles. The SMILES string of the molecule is C1CCC(NC2CCC2)CC1.CN. The second-order valence-electron chi connectivity index (χ2n) is 4.13. The molecule has 0 saturated heterocycles. The van der Waals surface area contributed by atoms with Gasteiger partial charge in [0.15, 0.2) is 0 Å². The van der Waals surface area contributed by atoms with Gasteiger partial charge < -0.3 is 11.1 Å². The maximum atomic E-state index is 4.50. The molecule has 0 aromatic carbocycles. The number of nitrogens with two attached hydrogens (primary N) is 1. The van der Waals surface area contributed by atoms with Gasteiger partial charge in [0.1, 0.15) is 0 Å². The second kappa shape index (κ2) is 6.39. The Hall–Kier alpha value is -0.0800. The first kappa shape index (κ1) is 11.0. The fourth-order valence-electron chi connectivity index (χ4n) is 2.18. The lowest BCUT2D eigenvalue weighted by Crippen LogP contribution is -2.43. The molecule has 13 heavy (non-hydrogen) atoms. The molecule has 3 N–H and O–H groups in total. The lowest BCUT2D eigenvalue weighted by Gasteiger charge is -2.33. The Balaban J connectivity index is 0.000000396. The summed E-state index contributed by atoms with van der Waals surface area (Å²) >= 11 is 0. The van der Waals surface area contributed by atoms with Crippen LogP contribution in [0.15, 0.2) is 0 Å². The van der Waals surface area contributed by atoms with Gasteiger partial charge in [0.05, 0.1) is 0 Å². The van der Waals surface area contributed by atoms with Gasteiger partial charge in [0.2, 0.25) is 0 Å². The third-order valence-electron chi connectivity index (χ3n) is 3.18. The van der Waals surface area contributed by atoms with Crippen molar-refractivity contribution in [2.24, 2.45) is 5.73 Å². The molecule has 0 spiro atoms. The molecule has 2 saturated carbocycles. The van der Waals surface area contributed by atoms with Crippen LogP contribution < -0.4 is 11.1 Å². The molecular formula is C11H24N2.